The van der Waals surface area contributed by atoms with Gasteiger partial charge in [-0.25, -0.2) is 0 Å². The molecule has 0 bridgehead atoms. The fourth-order valence-corrected chi connectivity index (χ4v) is 2.38. The molecule has 1 aliphatic rings. The van der Waals surface area contributed by atoms with Crippen molar-refractivity contribution in [3.8, 4) is 0 Å². The Morgan fingerprint density at radius 1 is 1.33 bits per heavy atom. The van der Waals surface area contributed by atoms with Gasteiger partial charge in [0.2, 0.25) is 5.91 Å². The molecule has 1 heterocycles. The molecule has 1 aromatic carbocycles. The van der Waals surface area contributed by atoms with Gasteiger partial charge in [-0.05, 0) is 38.3 Å². The quantitative estimate of drug-likeness (QED) is 0.836. The highest BCUT2D eigenvalue weighted by molar-refractivity contribution is 5.99. The van der Waals surface area contributed by atoms with E-state index in [1.165, 1.54) is 5.56 Å². The summed E-state index contributed by atoms with van der Waals surface area (Å²) < 4.78 is 5.21. The van der Waals surface area contributed by atoms with Gasteiger partial charge in [-0.3, -0.25) is 4.79 Å². The van der Waals surface area contributed by atoms with Crippen LogP contribution < -0.4 is 11.1 Å². The van der Waals surface area contributed by atoms with E-state index in [9.17, 15) is 4.79 Å². The van der Waals surface area contributed by atoms with Crippen LogP contribution in [-0.2, 0) is 9.53 Å². The van der Waals surface area contributed by atoms with Crippen LogP contribution in [0.25, 0.3) is 0 Å². The Morgan fingerprint density at radius 3 is 2.44 bits per heavy atom. The highest BCUT2D eigenvalue weighted by Gasteiger charge is 2.38. The predicted octanol–water partition coefficient (Wildman–Crippen LogP) is 1.67. The lowest BCUT2D eigenvalue weighted by Crippen LogP contribution is -2.51. The van der Waals surface area contributed by atoms with E-state index in [0.29, 0.717) is 19.6 Å². The van der Waals surface area contributed by atoms with E-state index in [2.05, 4.69) is 17.4 Å². The predicted molar refractivity (Wildman–Crippen MR) is 71.6 cm³/mol. The van der Waals surface area contributed by atoms with Crippen molar-refractivity contribution in [3.05, 3.63) is 28.8 Å². The van der Waals surface area contributed by atoms with Crippen molar-refractivity contribution in [2.24, 2.45) is 5.73 Å². The van der Waals surface area contributed by atoms with E-state index in [1.54, 1.807) is 0 Å². The zero-order chi connectivity index (χ0) is 13.3. The van der Waals surface area contributed by atoms with Gasteiger partial charge in [0.25, 0.3) is 0 Å². The summed E-state index contributed by atoms with van der Waals surface area (Å²) in [6, 6.07) is 4.11. The third-order valence-corrected chi connectivity index (χ3v) is 3.42. The topological polar surface area (TPSA) is 64.4 Å². The minimum absolute atomic E-state index is 0.157. The van der Waals surface area contributed by atoms with Gasteiger partial charge in [-0.15, -0.1) is 0 Å². The number of carbonyl (C=O) groups excluding carboxylic acids is 1. The first-order valence-electron chi connectivity index (χ1n) is 6.18. The largest absolute Gasteiger partial charge is 0.379 e. The lowest BCUT2D eigenvalue weighted by molar-refractivity contribution is -0.121. The molecule has 0 aliphatic carbocycles. The van der Waals surface area contributed by atoms with Crippen molar-refractivity contribution in [2.75, 3.05) is 18.5 Å². The molecular weight excluding hydrogens is 228 g/mol. The molecule has 1 aliphatic heterocycles. The summed E-state index contributed by atoms with van der Waals surface area (Å²) in [6.07, 6.45) is 0.572. The number of anilines is 1. The molecule has 1 aromatic rings. The second kappa shape index (κ2) is 4.71. The molecule has 98 valence electrons. The van der Waals surface area contributed by atoms with Crippen LogP contribution in [-0.4, -0.2) is 24.7 Å². The molecule has 1 atom stereocenters. The van der Waals surface area contributed by atoms with Crippen LogP contribution in [0.4, 0.5) is 5.69 Å². The average Bonchev–Trinajstić information content (AvgIpc) is 2.71. The molecule has 2 rings (SSSR count). The summed E-state index contributed by atoms with van der Waals surface area (Å²) in [4.78, 5) is 12.2. The summed E-state index contributed by atoms with van der Waals surface area (Å²) in [5, 5.41) is 2.94. The number of nitrogens with two attached hydrogens (primary N) is 1. The molecule has 1 saturated heterocycles. The number of hydrogen-bond donors (Lipinski definition) is 2. The number of benzene rings is 1. The lowest BCUT2D eigenvalue weighted by Gasteiger charge is -2.22. The molecule has 1 fully saturated rings. The molecule has 1 unspecified atom stereocenters. The van der Waals surface area contributed by atoms with Gasteiger partial charge in [-0.1, -0.05) is 17.7 Å². The standard InChI is InChI=1S/C14H20N2O2/c1-9-6-10(2)12(11(3)7-9)16-13(17)14(15)4-5-18-8-14/h6-7H,4-5,8,15H2,1-3H3,(H,16,17). The zero-order valence-corrected chi connectivity index (χ0v) is 11.2. The highest BCUT2D eigenvalue weighted by atomic mass is 16.5. The zero-order valence-electron chi connectivity index (χ0n) is 11.2. The Morgan fingerprint density at radius 2 is 1.94 bits per heavy atom. The second-order valence-electron chi connectivity index (χ2n) is 5.19. The van der Waals surface area contributed by atoms with Crippen molar-refractivity contribution in [1.82, 2.24) is 0 Å². The fraction of sp³-hybridized carbons (Fsp3) is 0.500. The maximum Gasteiger partial charge on any atom is 0.246 e. The normalized spacial score (nSPS) is 23.1. The summed E-state index contributed by atoms with van der Waals surface area (Å²) in [6.45, 7) is 6.87. The third-order valence-electron chi connectivity index (χ3n) is 3.42. The number of aryl methyl sites for hydroxylation is 3. The Hall–Kier alpha value is -1.39. The van der Waals surface area contributed by atoms with E-state index in [0.717, 1.165) is 16.8 Å². The first kappa shape index (κ1) is 13.1. The van der Waals surface area contributed by atoms with Crippen LogP contribution in [0.1, 0.15) is 23.1 Å². The highest BCUT2D eigenvalue weighted by Crippen LogP contribution is 2.24. The van der Waals surface area contributed by atoms with E-state index in [-0.39, 0.29) is 5.91 Å². The second-order valence-corrected chi connectivity index (χ2v) is 5.19. The fourth-order valence-electron chi connectivity index (χ4n) is 2.38. The minimum atomic E-state index is -0.885. The lowest BCUT2D eigenvalue weighted by atomic mass is 9.98. The molecular formula is C14H20N2O2. The third kappa shape index (κ3) is 2.40. The first-order chi connectivity index (χ1) is 8.42. The van der Waals surface area contributed by atoms with Gasteiger partial charge in [-0.2, -0.15) is 0 Å². The monoisotopic (exact) mass is 248 g/mol. The molecule has 4 heteroatoms. The van der Waals surface area contributed by atoms with Crippen molar-refractivity contribution in [1.29, 1.82) is 0 Å². The van der Waals surface area contributed by atoms with Gasteiger partial charge in [0.05, 0.1) is 6.61 Å². The van der Waals surface area contributed by atoms with Crippen molar-refractivity contribution in [3.63, 3.8) is 0 Å². The molecule has 18 heavy (non-hydrogen) atoms. The van der Waals surface area contributed by atoms with Gasteiger partial charge in [0.1, 0.15) is 5.54 Å². The maximum atomic E-state index is 12.2. The molecule has 0 radical (unpaired) electrons. The molecule has 0 saturated carbocycles. The number of ether oxygens (including phenoxy) is 1. The van der Waals surface area contributed by atoms with Crippen LogP contribution in [0.3, 0.4) is 0 Å². The van der Waals surface area contributed by atoms with Crippen LogP contribution in [0.15, 0.2) is 12.1 Å². The molecule has 1 amide bonds. The molecule has 0 aromatic heterocycles. The summed E-state index contributed by atoms with van der Waals surface area (Å²) in [5.74, 6) is -0.157. The molecule has 0 spiro atoms. The molecule has 3 N–H and O–H groups in total. The number of hydrogen-bond acceptors (Lipinski definition) is 3. The summed E-state index contributed by atoms with van der Waals surface area (Å²) in [7, 11) is 0. The van der Waals surface area contributed by atoms with Crippen molar-refractivity contribution < 1.29 is 9.53 Å². The minimum Gasteiger partial charge on any atom is -0.379 e. The molecule has 4 nitrogen and oxygen atoms in total. The maximum absolute atomic E-state index is 12.2. The average molecular weight is 248 g/mol. The van der Waals surface area contributed by atoms with Gasteiger partial charge < -0.3 is 15.8 Å². The van der Waals surface area contributed by atoms with Gasteiger partial charge >= 0.3 is 0 Å². The Bertz CT molecular complexity index is 454. The van der Waals surface area contributed by atoms with Crippen LogP contribution >= 0.6 is 0 Å². The smallest absolute Gasteiger partial charge is 0.246 e. The van der Waals surface area contributed by atoms with E-state index in [1.807, 2.05) is 20.8 Å². The van der Waals surface area contributed by atoms with Gasteiger partial charge in [0, 0.05) is 12.3 Å². The Labute approximate surface area is 108 Å². The SMILES string of the molecule is Cc1cc(C)c(NC(=O)C2(N)CCOC2)c(C)c1. The Balaban J connectivity index is 2.22. The van der Waals surface area contributed by atoms with E-state index in [4.69, 9.17) is 10.5 Å². The number of rotatable bonds is 2. The number of carbonyl (C=O) groups is 1. The Kier molecular flexibility index (Phi) is 3.41. The van der Waals surface area contributed by atoms with E-state index >= 15 is 0 Å². The van der Waals surface area contributed by atoms with Crippen LogP contribution in [0.2, 0.25) is 0 Å². The van der Waals surface area contributed by atoms with Gasteiger partial charge in [0.15, 0.2) is 0 Å². The number of amides is 1. The number of nitrogens with one attached hydrogen (secondary N) is 1. The summed E-state index contributed by atoms with van der Waals surface area (Å²) >= 11 is 0. The van der Waals surface area contributed by atoms with Crippen molar-refractivity contribution in [2.45, 2.75) is 32.7 Å². The van der Waals surface area contributed by atoms with Crippen LogP contribution in [0, 0.1) is 20.8 Å². The first-order valence-corrected chi connectivity index (χ1v) is 6.18. The van der Waals surface area contributed by atoms with Crippen LogP contribution in [0.5, 0.6) is 0 Å². The van der Waals surface area contributed by atoms with E-state index < -0.39 is 5.54 Å². The van der Waals surface area contributed by atoms with Crippen molar-refractivity contribution >= 4 is 11.6 Å². The summed E-state index contributed by atoms with van der Waals surface area (Å²) in [5.41, 5.74) is 9.33.